The molecule has 35 heavy (non-hydrogen) atoms. The summed E-state index contributed by atoms with van der Waals surface area (Å²) in [5.74, 6) is 0.980. The van der Waals surface area contributed by atoms with Gasteiger partial charge in [-0.2, -0.15) is 9.61 Å². The second-order valence-electron chi connectivity index (χ2n) is 7.91. The summed E-state index contributed by atoms with van der Waals surface area (Å²) in [6.07, 6.45) is 0.764. The molecule has 10 heteroatoms. The second-order valence-corrected chi connectivity index (χ2v) is 9.27. The van der Waals surface area contributed by atoms with E-state index in [-0.39, 0.29) is 11.0 Å². The van der Waals surface area contributed by atoms with E-state index in [1.807, 2.05) is 62.4 Å². The molecule has 0 spiro atoms. The van der Waals surface area contributed by atoms with Crippen molar-refractivity contribution < 1.29 is 9.53 Å². The van der Waals surface area contributed by atoms with Crippen molar-refractivity contribution in [2.75, 3.05) is 12.4 Å². The molecule has 2 heterocycles. The fourth-order valence-corrected chi connectivity index (χ4v) is 4.88. The summed E-state index contributed by atoms with van der Waals surface area (Å²) in [7, 11) is 1.54. The van der Waals surface area contributed by atoms with Gasteiger partial charge >= 0.3 is 0 Å². The van der Waals surface area contributed by atoms with Crippen LogP contribution in [0, 0.1) is 6.92 Å². The number of nitrogens with one attached hydrogen (secondary N) is 2. The Morgan fingerprint density at radius 2 is 1.89 bits per heavy atom. The van der Waals surface area contributed by atoms with Crippen LogP contribution in [0.3, 0.4) is 0 Å². The monoisotopic (exact) mass is 502 g/mol. The van der Waals surface area contributed by atoms with Gasteiger partial charge in [0.25, 0.3) is 5.91 Å². The van der Waals surface area contributed by atoms with Crippen molar-refractivity contribution in [1.82, 2.24) is 25.1 Å². The molecule has 0 unspecified atom stereocenters. The Bertz CT molecular complexity index is 1590. The molecule has 2 aromatic heterocycles. The van der Waals surface area contributed by atoms with Crippen molar-refractivity contribution in [1.29, 1.82) is 0 Å². The highest BCUT2D eigenvalue weighted by Gasteiger charge is 2.16. The summed E-state index contributed by atoms with van der Waals surface area (Å²) in [6.45, 7) is 4.00. The highest BCUT2D eigenvalue weighted by molar-refractivity contribution is 7.80. The minimum absolute atomic E-state index is 0.201. The van der Waals surface area contributed by atoms with Gasteiger partial charge in [0.15, 0.2) is 10.9 Å². The molecule has 0 fully saturated rings. The maximum Gasteiger partial charge on any atom is 0.261 e. The summed E-state index contributed by atoms with van der Waals surface area (Å²) in [6, 6.07) is 17.4. The smallest absolute Gasteiger partial charge is 0.261 e. The number of carbonyl (C=O) groups excluding carboxylic acids is 1. The molecule has 0 saturated carbocycles. The maximum atomic E-state index is 13.0. The summed E-state index contributed by atoms with van der Waals surface area (Å²) in [5, 5.41) is 21.9. The third-order valence-electron chi connectivity index (χ3n) is 5.63. The third kappa shape index (κ3) is 4.45. The van der Waals surface area contributed by atoms with Gasteiger partial charge in [-0.25, -0.2) is 0 Å². The molecule has 3 aromatic carbocycles. The molecule has 0 aliphatic carbocycles. The number of anilines is 1. The van der Waals surface area contributed by atoms with Gasteiger partial charge in [0.05, 0.1) is 12.7 Å². The van der Waals surface area contributed by atoms with Crippen LogP contribution in [-0.2, 0) is 6.42 Å². The van der Waals surface area contributed by atoms with Crippen molar-refractivity contribution in [3.05, 3.63) is 71.5 Å². The number of rotatable bonds is 5. The fraction of sp³-hybridized carbons (Fsp3) is 0.160. The van der Waals surface area contributed by atoms with Crippen molar-refractivity contribution in [3.8, 4) is 16.3 Å². The van der Waals surface area contributed by atoms with Gasteiger partial charge in [-0.3, -0.25) is 10.1 Å². The van der Waals surface area contributed by atoms with Crippen LogP contribution in [0.15, 0.2) is 54.6 Å². The van der Waals surface area contributed by atoms with Gasteiger partial charge in [-0.15, -0.1) is 10.2 Å². The first-order chi connectivity index (χ1) is 17.0. The molecule has 8 nitrogen and oxygen atoms in total. The van der Waals surface area contributed by atoms with Gasteiger partial charge in [0.1, 0.15) is 10.8 Å². The highest BCUT2D eigenvalue weighted by atomic mass is 32.1. The number of benzene rings is 3. The molecule has 2 N–H and O–H groups in total. The van der Waals surface area contributed by atoms with E-state index < -0.39 is 0 Å². The molecule has 5 rings (SSSR count). The van der Waals surface area contributed by atoms with E-state index in [0.29, 0.717) is 11.3 Å². The number of thiocarbonyl (C=S) groups is 1. The maximum absolute atomic E-state index is 13.0. The number of methoxy groups -OCH3 is 1. The largest absolute Gasteiger partial charge is 0.496 e. The number of nitrogens with zero attached hydrogens (tertiary/aromatic N) is 4. The quantitative estimate of drug-likeness (QED) is 0.326. The molecule has 0 radical (unpaired) electrons. The first-order valence-corrected chi connectivity index (χ1v) is 12.2. The molecule has 1 amide bonds. The van der Waals surface area contributed by atoms with Gasteiger partial charge < -0.3 is 10.1 Å². The van der Waals surface area contributed by atoms with E-state index in [2.05, 4.69) is 25.9 Å². The summed E-state index contributed by atoms with van der Waals surface area (Å²) >= 11 is 6.91. The first-order valence-electron chi connectivity index (χ1n) is 11.0. The van der Waals surface area contributed by atoms with E-state index in [9.17, 15) is 4.79 Å². The molecule has 0 bridgehead atoms. The number of aromatic nitrogens is 4. The second kappa shape index (κ2) is 9.40. The van der Waals surface area contributed by atoms with Crippen LogP contribution in [0.2, 0.25) is 0 Å². The molecule has 0 aliphatic rings. The minimum atomic E-state index is -0.342. The lowest BCUT2D eigenvalue weighted by Gasteiger charge is -2.14. The first kappa shape index (κ1) is 22.9. The Morgan fingerprint density at radius 1 is 1.11 bits per heavy atom. The Morgan fingerprint density at radius 3 is 2.60 bits per heavy atom. The molecule has 0 atom stereocenters. The number of fused-ring (bicyclic) bond motifs is 2. The summed E-state index contributed by atoms with van der Waals surface area (Å²) < 4.78 is 7.22. The number of amides is 1. The summed E-state index contributed by atoms with van der Waals surface area (Å²) in [4.78, 5) is 13.7. The highest BCUT2D eigenvalue weighted by Crippen LogP contribution is 2.29. The predicted octanol–water partition coefficient (Wildman–Crippen LogP) is 5.01. The topological polar surface area (TPSA) is 93.4 Å². The standard InChI is InChI=1S/C25H22N6O2S2/c1-4-21-28-29-25-31(21)30-23(35-25)17-9-10-19(14(2)11-17)26-24(34)27-22(32)18-12-15-7-5-6-8-16(15)13-20(18)33-3/h5-13H,4H2,1-3H3,(H2,26,27,32,34). The molecular weight excluding hydrogens is 480 g/mol. The van der Waals surface area contributed by atoms with Crippen molar-refractivity contribution >= 4 is 56.0 Å². The molecule has 5 aromatic rings. The molecule has 0 saturated heterocycles. The van der Waals surface area contributed by atoms with Crippen LogP contribution in [0.1, 0.15) is 28.7 Å². The van der Waals surface area contributed by atoms with Crippen molar-refractivity contribution in [2.45, 2.75) is 20.3 Å². The lowest BCUT2D eigenvalue weighted by atomic mass is 10.1. The Hall–Kier alpha value is -3.89. The Balaban J connectivity index is 1.32. The number of hydrogen-bond donors (Lipinski definition) is 2. The minimum Gasteiger partial charge on any atom is -0.496 e. The van der Waals surface area contributed by atoms with Gasteiger partial charge in [-0.1, -0.05) is 42.5 Å². The van der Waals surface area contributed by atoms with Crippen LogP contribution < -0.4 is 15.4 Å². The van der Waals surface area contributed by atoms with Gasteiger partial charge in [0, 0.05) is 17.7 Å². The van der Waals surface area contributed by atoms with E-state index in [4.69, 9.17) is 17.0 Å². The van der Waals surface area contributed by atoms with Crippen LogP contribution in [0.25, 0.3) is 26.3 Å². The van der Waals surface area contributed by atoms with Crippen LogP contribution >= 0.6 is 23.6 Å². The van der Waals surface area contributed by atoms with Crippen LogP contribution in [0.5, 0.6) is 5.75 Å². The van der Waals surface area contributed by atoms with E-state index in [1.165, 1.54) is 11.3 Å². The molecule has 0 aliphatic heterocycles. The number of ether oxygens (including phenoxy) is 1. The van der Waals surface area contributed by atoms with E-state index >= 15 is 0 Å². The predicted molar refractivity (Wildman–Crippen MR) is 142 cm³/mol. The Kier molecular flexibility index (Phi) is 6.14. The average Bonchev–Trinajstić information content (AvgIpc) is 3.45. The zero-order chi connectivity index (χ0) is 24.5. The fourth-order valence-electron chi connectivity index (χ4n) is 3.82. The van der Waals surface area contributed by atoms with Crippen LogP contribution in [-0.4, -0.2) is 37.9 Å². The molecular formula is C25H22N6O2S2. The third-order valence-corrected chi connectivity index (χ3v) is 6.78. The normalized spacial score (nSPS) is 11.1. The zero-order valence-electron chi connectivity index (χ0n) is 19.3. The lowest BCUT2D eigenvalue weighted by molar-refractivity contribution is 0.0975. The van der Waals surface area contributed by atoms with Crippen molar-refractivity contribution in [2.24, 2.45) is 0 Å². The molecule has 176 valence electrons. The number of carbonyl (C=O) groups is 1. The SMILES string of the molecule is CCc1nnc2sc(-c3ccc(NC(=S)NC(=O)c4cc5ccccc5cc4OC)c(C)c3)nn12. The average molecular weight is 503 g/mol. The number of aryl methyl sites for hydroxylation is 2. The van der Waals surface area contributed by atoms with E-state index in [1.54, 1.807) is 17.7 Å². The summed E-state index contributed by atoms with van der Waals surface area (Å²) in [5.41, 5.74) is 3.14. The Labute approximate surface area is 211 Å². The van der Waals surface area contributed by atoms with Gasteiger partial charge in [0.2, 0.25) is 4.96 Å². The van der Waals surface area contributed by atoms with Crippen molar-refractivity contribution in [3.63, 3.8) is 0 Å². The van der Waals surface area contributed by atoms with Gasteiger partial charge in [-0.05, 0) is 65.8 Å². The lowest BCUT2D eigenvalue weighted by Crippen LogP contribution is -2.34. The zero-order valence-corrected chi connectivity index (χ0v) is 21.0. The van der Waals surface area contributed by atoms with E-state index in [0.717, 1.165) is 49.8 Å². The number of hydrogen-bond acceptors (Lipinski definition) is 7. The van der Waals surface area contributed by atoms with Crippen LogP contribution in [0.4, 0.5) is 5.69 Å².